The van der Waals surface area contributed by atoms with Crippen LogP contribution in [0, 0.1) is 5.92 Å². The van der Waals surface area contributed by atoms with Crippen molar-refractivity contribution in [1.82, 2.24) is 19.8 Å². The molecule has 2 amide bonds. The van der Waals surface area contributed by atoms with Crippen LogP contribution in [0.5, 0.6) is 0 Å². The quantitative estimate of drug-likeness (QED) is 0.718. The molecular formula is C11H17N5O4S2. The second-order valence-corrected chi connectivity index (χ2v) is 7.94. The van der Waals surface area contributed by atoms with E-state index in [1.807, 2.05) is 0 Å². The molecule has 2 rings (SSSR count). The Labute approximate surface area is 132 Å². The van der Waals surface area contributed by atoms with E-state index in [-0.39, 0.29) is 40.3 Å². The molecule has 0 saturated carbocycles. The highest BCUT2D eigenvalue weighted by Gasteiger charge is 2.34. The van der Waals surface area contributed by atoms with Crippen molar-refractivity contribution in [3.8, 4) is 0 Å². The van der Waals surface area contributed by atoms with Gasteiger partial charge in [-0.05, 0) is 12.8 Å². The van der Waals surface area contributed by atoms with Crippen molar-refractivity contribution in [2.75, 3.05) is 25.5 Å². The van der Waals surface area contributed by atoms with Gasteiger partial charge in [-0.3, -0.25) is 9.59 Å². The first-order valence-corrected chi connectivity index (χ1v) is 8.93. The fourth-order valence-electron chi connectivity index (χ4n) is 2.19. The van der Waals surface area contributed by atoms with Gasteiger partial charge in [-0.2, -0.15) is 4.31 Å². The lowest BCUT2D eigenvalue weighted by Crippen LogP contribution is -2.42. The highest BCUT2D eigenvalue weighted by molar-refractivity contribution is 7.91. The fraction of sp³-hybridized carbons (Fsp3) is 0.636. The maximum atomic E-state index is 12.5. The van der Waals surface area contributed by atoms with Gasteiger partial charge in [0.2, 0.25) is 21.3 Å². The molecule has 9 nitrogen and oxygen atoms in total. The summed E-state index contributed by atoms with van der Waals surface area (Å²) in [7, 11) is -2.17. The average Bonchev–Trinajstić information content (AvgIpc) is 2.95. The Kier molecular flexibility index (Phi) is 5.08. The minimum absolute atomic E-state index is 0.0686. The Bertz CT molecular complexity index is 664. The average molecular weight is 347 g/mol. The lowest BCUT2D eigenvalue weighted by atomic mass is 9.97. The first kappa shape index (κ1) is 16.8. The summed E-state index contributed by atoms with van der Waals surface area (Å²) in [6, 6.07) is 0. The monoisotopic (exact) mass is 347 g/mol. The van der Waals surface area contributed by atoms with E-state index in [2.05, 4.69) is 20.8 Å². The first-order valence-electron chi connectivity index (χ1n) is 6.67. The molecule has 122 valence electrons. The second kappa shape index (κ2) is 6.67. The van der Waals surface area contributed by atoms with E-state index in [0.29, 0.717) is 12.8 Å². The van der Waals surface area contributed by atoms with Gasteiger partial charge >= 0.3 is 0 Å². The normalized spacial score (nSPS) is 17.2. The van der Waals surface area contributed by atoms with Crippen molar-refractivity contribution in [1.29, 1.82) is 0 Å². The summed E-state index contributed by atoms with van der Waals surface area (Å²) in [4.78, 5) is 22.5. The Morgan fingerprint density at radius 2 is 1.91 bits per heavy atom. The van der Waals surface area contributed by atoms with Crippen LogP contribution in [0.3, 0.4) is 0 Å². The highest BCUT2D eigenvalue weighted by atomic mass is 32.2. The van der Waals surface area contributed by atoms with Crippen LogP contribution >= 0.6 is 11.3 Å². The molecule has 0 bridgehead atoms. The number of sulfonamides is 1. The first-order chi connectivity index (χ1) is 10.3. The van der Waals surface area contributed by atoms with E-state index in [9.17, 15) is 18.0 Å². The molecule has 22 heavy (non-hydrogen) atoms. The standard InChI is InChI=1S/C11H17N5O4S2/c1-7(17)13-10-14-15-11(21-10)22(19,20)16-5-3-8(4-6-16)9(18)12-2/h8H,3-6H2,1-2H3,(H,12,18)(H,13,14,17). The van der Waals surface area contributed by atoms with E-state index >= 15 is 0 Å². The molecule has 0 radical (unpaired) electrons. The fourth-order valence-corrected chi connectivity index (χ4v) is 4.74. The van der Waals surface area contributed by atoms with Crippen LogP contribution in [0.1, 0.15) is 19.8 Å². The van der Waals surface area contributed by atoms with E-state index in [4.69, 9.17) is 0 Å². The largest absolute Gasteiger partial charge is 0.359 e. The number of hydrogen-bond donors (Lipinski definition) is 2. The summed E-state index contributed by atoms with van der Waals surface area (Å²) in [5, 5.41) is 12.4. The molecule has 1 aliphatic heterocycles. The molecule has 1 aromatic heterocycles. The Morgan fingerprint density at radius 1 is 1.27 bits per heavy atom. The van der Waals surface area contributed by atoms with Crippen molar-refractivity contribution >= 4 is 38.3 Å². The topological polar surface area (TPSA) is 121 Å². The zero-order valence-electron chi connectivity index (χ0n) is 12.2. The second-order valence-electron chi connectivity index (χ2n) is 4.85. The number of carbonyl (C=O) groups excluding carboxylic acids is 2. The molecule has 1 aromatic rings. The van der Waals surface area contributed by atoms with E-state index in [0.717, 1.165) is 11.3 Å². The maximum Gasteiger partial charge on any atom is 0.272 e. The predicted molar refractivity (Wildman–Crippen MR) is 79.8 cm³/mol. The van der Waals surface area contributed by atoms with Gasteiger partial charge < -0.3 is 10.6 Å². The Hall–Kier alpha value is -1.59. The molecule has 0 atom stereocenters. The van der Waals surface area contributed by atoms with Gasteiger partial charge in [0.1, 0.15) is 0 Å². The Morgan fingerprint density at radius 3 is 2.45 bits per heavy atom. The SMILES string of the molecule is CNC(=O)C1CCN(S(=O)(=O)c2nnc(NC(C)=O)s2)CC1. The van der Waals surface area contributed by atoms with Crippen molar-refractivity contribution in [2.45, 2.75) is 24.1 Å². The highest BCUT2D eigenvalue weighted by Crippen LogP contribution is 2.27. The minimum Gasteiger partial charge on any atom is -0.359 e. The molecular weight excluding hydrogens is 330 g/mol. The minimum atomic E-state index is -3.74. The zero-order valence-corrected chi connectivity index (χ0v) is 13.8. The molecule has 2 heterocycles. The van der Waals surface area contributed by atoms with Crippen LogP contribution in [-0.4, -0.2) is 54.9 Å². The number of rotatable bonds is 4. The van der Waals surface area contributed by atoms with E-state index in [1.165, 1.54) is 11.2 Å². The van der Waals surface area contributed by atoms with Gasteiger partial charge in [0.15, 0.2) is 0 Å². The maximum absolute atomic E-state index is 12.5. The molecule has 11 heteroatoms. The molecule has 1 aliphatic rings. The summed E-state index contributed by atoms with van der Waals surface area (Å²) >= 11 is 0.810. The molecule has 0 aliphatic carbocycles. The molecule has 2 N–H and O–H groups in total. The van der Waals surface area contributed by atoms with Gasteiger partial charge in [0.05, 0.1) is 0 Å². The van der Waals surface area contributed by atoms with Crippen LogP contribution in [0.25, 0.3) is 0 Å². The number of hydrogen-bond acceptors (Lipinski definition) is 7. The van der Waals surface area contributed by atoms with Crippen LogP contribution in [0.4, 0.5) is 5.13 Å². The van der Waals surface area contributed by atoms with Gasteiger partial charge in [0.25, 0.3) is 10.0 Å². The van der Waals surface area contributed by atoms with Crippen LogP contribution in [0.15, 0.2) is 4.34 Å². The number of amides is 2. The van der Waals surface area contributed by atoms with E-state index < -0.39 is 10.0 Å². The van der Waals surface area contributed by atoms with Crippen LogP contribution in [0.2, 0.25) is 0 Å². The summed E-state index contributed by atoms with van der Waals surface area (Å²) < 4.78 is 26.0. The van der Waals surface area contributed by atoms with Crippen LogP contribution < -0.4 is 10.6 Å². The van der Waals surface area contributed by atoms with Crippen molar-refractivity contribution < 1.29 is 18.0 Å². The lowest BCUT2D eigenvalue weighted by Gasteiger charge is -2.29. The van der Waals surface area contributed by atoms with Gasteiger partial charge in [0, 0.05) is 33.0 Å². The van der Waals surface area contributed by atoms with Gasteiger partial charge in [-0.15, -0.1) is 10.2 Å². The predicted octanol–water partition coefficient (Wildman–Crippen LogP) is -0.357. The Balaban J connectivity index is 2.07. The molecule has 0 aromatic carbocycles. The summed E-state index contributed by atoms with van der Waals surface area (Å²) in [5.74, 6) is -0.576. The molecule has 0 spiro atoms. The van der Waals surface area contributed by atoms with Crippen molar-refractivity contribution in [2.24, 2.45) is 5.92 Å². The molecule has 1 fully saturated rings. The lowest BCUT2D eigenvalue weighted by molar-refractivity contribution is -0.125. The number of aromatic nitrogens is 2. The van der Waals surface area contributed by atoms with Crippen molar-refractivity contribution in [3.63, 3.8) is 0 Å². The number of piperidine rings is 1. The third-order valence-electron chi connectivity index (χ3n) is 3.32. The summed E-state index contributed by atoms with van der Waals surface area (Å²) in [6.07, 6.45) is 0.937. The number of anilines is 1. The van der Waals surface area contributed by atoms with E-state index in [1.54, 1.807) is 7.05 Å². The number of carbonyl (C=O) groups is 2. The summed E-state index contributed by atoms with van der Waals surface area (Å²) in [6.45, 7) is 1.82. The molecule has 0 unspecified atom stereocenters. The molecule has 1 saturated heterocycles. The van der Waals surface area contributed by atoms with Crippen LogP contribution in [-0.2, 0) is 19.6 Å². The smallest absolute Gasteiger partial charge is 0.272 e. The number of nitrogens with zero attached hydrogens (tertiary/aromatic N) is 3. The van der Waals surface area contributed by atoms with Crippen molar-refractivity contribution in [3.05, 3.63) is 0 Å². The van der Waals surface area contributed by atoms with Gasteiger partial charge in [-0.25, -0.2) is 8.42 Å². The summed E-state index contributed by atoms with van der Waals surface area (Å²) in [5.41, 5.74) is 0. The zero-order chi connectivity index (χ0) is 16.3. The van der Waals surface area contributed by atoms with Gasteiger partial charge in [-0.1, -0.05) is 11.3 Å². The number of nitrogens with one attached hydrogen (secondary N) is 2. The third kappa shape index (κ3) is 3.59. The third-order valence-corrected chi connectivity index (χ3v) is 6.40.